The quantitative estimate of drug-likeness (QED) is 0.525. The van der Waals surface area contributed by atoms with Gasteiger partial charge < -0.3 is 5.32 Å². The van der Waals surface area contributed by atoms with Gasteiger partial charge in [-0.25, -0.2) is 4.98 Å². The first-order chi connectivity index (χ1) is 13.4. The third-order valence-corrected chi connectivity index (χ3v) is 4.27. The minimum Gasteiger partial charge on any atom is -0.321 e. The summed E-state index contributed by atoms with van der Waals surface area (Å²) in [6.45, 7) is 1.70. The van der Waals surface area contributed by atoms with Gasteiger partial charge in [-0.15, -0.1) is 0 Å². The van der Waals surface area contributed by atoms with Gasteiger partial charge in [-0.2, -0.15) is 26.3 Å². The number of benzene rings is 1. The number of carbonyl (C=O) groups excluding carboxylic acids is 1. The van der Waals surface area contributed by atoms with Crippen molar-refractivity contribution in [2.75, 3.05) is 5.32 Å². The normalized spacial score (nSPS) is 12.4. The van der Waals surface area contributed by atoms with Crippen LogP contribution in [0.2, 0.25) is 5.02 Å². The fourth-order valence-electron chi connectivity index (χ4n) is 2.77. The van der Waals surface area contributed by atoms with Crippen molar-refractivity contribution < 1.29 is 31.1 Å². The zero-order valence-corrected chi connectivity index (χ0v) is 15.4. The molecule has 0 unspecified atom stereocenters. The number of imidazole rings is 1. The molecule has 0 saturated heterocycles. The number of hydrogen-bond donors (Lipinski definition) is 1. The van der Waals surface area contributed by atoms with Gasteiger partial charge in [0.2, 0.25) is 0 Å². The Labute approximate surface area is 165 Å². The lowest BCUT2D eigenvalue weighted by Crippen LogP contribution is -2.18. The molecule has 1 aromatic carbocycles. The van der Waals surface area contributed by atoms with Crippen LogP contribution in [0.3, 0.4) is 0 Å². The monoisotopic (exact) mass is 435 g/mol. The number of nitrogens with one attached hydrogen (secondary N) is 1. The van der Waals surface area contributed by atoms with Crippen LogP contribution in [0.4, 0.5) is 32.0 Å². The molecule has 3 aromatic rings. The average Bonchev–Trinajstić information content (AvgIpc) is 2.97. The van der Waals surface area contributed by atoms with Crippen LogP contribution in [-0.2, 0) is 18.8 Å². The summed E-state index contributed by atoms with van der Waals surface area (Å²) in [5, 5.41) is 2.38. The van der Waals surface area contributed by atoms with Crippen molar-refractivity contribution in [3.05, 3.63) is 64.1 Å². The number of aryl methyl sites for hydroxylation is 1. The maximum Gasteiger partial charge on any atom is 0.416 e. The SMILES string of the molecule is CCc1nc2ccc(Cl)cn2c1C(=O)Nc1cc(C(F)(F)F)cc(C(F)(F)F)c1. The first kappa shape index (κ1) is 21.0. The number of halogens is 7. The molecule has 2 heterocycles. The maximum absolute atomic E-state index is 13.0. The number of aromatic nitrogens is 2. The molecule has 0 saturated carbocycles. The van der Waals surface area contributed by atoms with Crippen LogP contribution in [0.1, 0.15) is 34.2 Å². The van der Waals surface area contributed by atoms with Gasteiger partial charge in [0, 0.05) is 11.9 Å². The maximum atomic E-state index is 13.0. The summed E-state index contributed by atoms with van der Waals surface area (Å²) in [7, 11) is 0. The molecule has 154 valence electrons. The van der Waals surface area contributed by atoms with E-state index in [1.807, 2.05) is 0 Å². The van der Waals surface area contributed by atoms with Crippen LogP contribution in [0.15, 0.2) is 36.5 Å². The number of rotatable bonds is 3. The summed E-state index contributed by atoms with van der Waals surface area (Å²) < 4.78 is 79.4. The first-order valence-corrected chi connectivity index (χ1v) is 8.55. The Hall–Kier alpha value is -2.75. The standard InChI is InChI=1S/C18H12ClF6N3O/c1-2-13-15(28-8-11(19)3-4-14(28)27-13)16(29)26-12-6-9(17(20,21)22)5-10(7-12)18(23,24)25/h3-8H,2H2,1H3,(H,26,29). The lowest BCUT2D eigenvalue weighted by Gasteiger charge is -2.15. The molecule has 0 fully saturated rings. The Kier molecular flexibility index (Phi) is 5.24. The van der Waals surface area contributed by atoms with Crippen LogP contribution in [0.5, 0.6) is 0 Å². The molecule has 29 heavy (non-hydrogen) atoms. The molecule has 0 aliphatic heterocycles. The summed E-state index contributed by atoms with van der Waals surface area (Å²) in [6, 6.07) is 3.93. The Balaban J connectivity index is 2.08. The minimum absolute atomic E-state index is 0.0128. The van der Waals surface area contributed by atoms with E-state index in [1.54, 1.807) is 6.92 Å². The Morgan fingerprint density at radius 1 is 1.07 bits per heavy atom. The molecular formula is C18H12ClF6N3O. The highest BCUT2D eigenvalue weighted by atomic mass is 35.5. The molecule has 1 amide bonds. The molecule has 0 radical (unpaired) electrons. The van der Waals surface area contributed by atoms with E-state index in [0.29, 0.717) is 29.9 Å². The van der Waals surface area contributed by atoms with Crippen molar-refractivity contribution in [1.82, 2.24) is 9.38 Å². The molecule has 11 heteroatoms. The zero-order valence-electron chi connectivity index (χ0n) is 14.6. The van der Waals surface area contributed by atoms with Crippen LogP contribution in [0, 0.1) is 0 Å². The third-order valence-electron chi connectivity index (χ3n) is 4.05. The average molecular weight is 436 g/mol. The van der Waals surface area contributed by atoms with Gasteiger partial charge in [0.15, 0.2) is 0 Å². The zero-order chi connectivity index (χ0) is 21.6. The van der Waals surface area contributed by atoms with E-state index in [1.165, 1.54) is 22.7 Å². The van der Waals surface area contributed by atoms with Gasteiger partial charge in [-0.1, -0.05) is 18.5 Å². The van der Waals surface area contributed by atoms with Gasteiger partial charge in [0.25, 0.3) is 5.91 Å². The van der Waals surface area contributed by atoms with E-state index in [9.17, 15) is 31.1 Å². The van der Waals surface area contributed by atoms with Gasteiger partial charge in [0.1, 0.15) is 11.3 Å². The molecule has 0 aliphatic rings. The summed E-state index contributed by atoms with van der Waals surface area (Å²) in [5.41, 5.74) is -3.06. The van der Waals surface area contributed by atoms with Crippen LogP contribution >= 0.6 is 11.6 Å². The number of alkyl halides is 6. The molecule has 0 bridgehead atoms. The summed E-state index contributed by atoms with van der Waals surface area (Å²) >= 11 is 5.92. The molecule has 0 aliphatic carbocycles. The largest absolute Gasteiger partial charge is 0.416 e. The molecule has 4 nitrogen and oxygen atoms in total. The number of carbonyl (C=O) groups is 1. The van der Waals surface area contributed by atoms with E-state index in [-0.39, 0.29) is 16.8 Å². The number of fused-ring (bicyclic) bond motifs is 1. The van der Waals surface area contributed by atoms with Crippen LogP contribution in [-0.4, -0.2) is 15.3 Å². The third kappa shape index (κ3) is 4.31. The number of hydrogen-bond acceptors (Lipinski definition) is 2. The second-order valence-electron chi connectivity index (χ2n) is 6.08. The van der Waals surface area contributed by atoms with Crippen molar-refractivity contribution in [2.45, 2.75) is 25.7 Å². The van der Waals surface area contributed by atoms with Gasteiger partial charge in [-0.05, 0) is 36.8 Å². The topological polar surface area (TPSA) is 46.4 Å². The highest BCUT2D eigenvalue weighted by molar-refractivity contribution is 6.30. The van der Waals surface area contributed by atoms with Crippen LogP contribution in [0.25, 0.3) is 5.65 Å². The van der Waals surface area contributed by atoms with Gasteiger partial charge in [0.05, 0.1) is 21.8 Å². The first-order valence-electron chi connectivity index (χ1n) is 8.17. The summed E-state index contributed by atoms with van der Waals surface area (Å²) in [6.07, 6.45) is -8.36. The van der Waals surface area contributed by atoms with E-state index in [4.69, 9.17) is 11.6 Å². The van der Waals surface area contributed by atoms with Crippen LogP contribution < -0.4 is 5.32 Å². The van der Waals surface area contributed by atoms with Gasteiger partial charge >= 0.3 is 12.4 Å². The minimum atomic E-state index is -5.02. The Morgan fingerprint density at radius 2 is 1.66 bits per heavy atom. The number of amides is 1. The summed E-state index contributed by atoms with van der Waals surface area (Å²) in [5.74, 6) is -0.913. The second-order valence-corrected chi connectivity index (χ2v) is 6.52. The van der Waals surface area contributed by atoms with Crippen molar-refractivity contribution in [3.8, 4) is 0 Å². The van der Waals surface area contributed by atoms with Crippen molar-refractivity contribution in [1.29, 1.82) is 0 Å². The van der Waals surface area contributed by atoms with E-state index < -0.39 is 35.1 Å². The Bertz CT molecular complexity index is 1060. The van der Waals surface area contributed by atoms with Crippen molar-refractivity contribution >= 4 is 28.8 Å². The fourth-order valence-corrected chi connectivity index (χ4v) is 2.93. The number of pyridine rings is 1. The number of anilines is 1. The van der Waals surface area contributed by atoms with Gasteiger partial charge in [-0.3, -0.25) is 9.20 Å². The smallest absolute Gasteiger partial charge is 0.321 e. The van der Waals surface area contributed by atoms with Crippen molar-refractivity contribution in [2.24, 2.45) is 0 Å². The summed E-state index contributed by atoms with van der Waals surface area (Å²) in [4.78, 5) is 17.0. The van der Waals surface area contributed by atoms with Crippen molar-refractivity contribution in [3.63, 3.8) is 0 Å². The molecule has 0 spiro atoms. The predicted octanol–water partition coefficient (Wildman–Crippen LogP) is 5.84. The molecule has 0 atom stereocenters. The molecule has 3 rings (SSSR count). The Morgan fingerprint density at radius 3 is 2.17 bits per heavy atom. The number of nitrogens with zero attached hydrogens (tertiary/aromatic N) is 2. The highest BCUT2D eigenvalue weighted by Gasteiger charge is 2.37. The van der Waals surface area contributed by atoms with E-state index in [2.05, 4.69) is 10.3 Å². The predicted molar refractivity (Wildman–Crippen MR) is 94.0 cm³/mol. The molecule has 2 aromatic heterocycles. The highest BCUT2D eigenvalue weighted by Crippen LogP contribution is 2.37. The van der Waals surface area contributed by atoms with E-state index in [0.717, 1.165) is 0 Å². The van der Waals surface area contributed by atoms with E-state index >= 15 is 0 Å². The lowest BCUT2D eigenvalue weighted by atomic mass is 10.1. The fraction of sp³-hybridized carbons (Fsp3) is 0.222. The lowest BCUT2D eigenvalue weighted by molar-refractivity contribution is -0.143. The molecular weight excluding hydrogens is 424 g/mol. The second kappa shape index (κ2) is 7.25. The molecule has 1 N–H and O–H groups in total.